The fraction of sp³-hybridized carbons (Fsp3) is 0.381. The molecule has 1 fully saturated rings. The van der Waals surface area contributed by atoms with Crippen molar-refractivity contribution in [2.24, 2.45) is 0 Å². The minimum atomic E-state index is -0.198. The molecule has 2 aromatic rings. The number of benzene rings is 1. The number of rotatable bonds is 6. The number of anilines is 1. The number of carbonyl (C=O) groups excluding carboxylic acids is 2. The lowest BCUT2D eigenvalue weighted by molar-refractivity contribution is -0.133. The van der Waals surface area contributed by atoms with Gasteiger partial charge in [0, 0.05) is 17.5 Å². The molecule has 27 heavy (non-hydrogen) atoms. The second-order valence-corrected chi connectivity index (χ2v) is 7.70. The Balaban J connectivity index is 1.68. The van der Waals surface area contributed by atoms with E-state index in [4.69, 9.17) is 0 Å². The summed E-state index contributed by atoms with van der Waals surface area (Å²) >= 11 is 1.40. The van der Waals surface area contributed by atoms with Gasteiger partial charge in [-0.1, -0.05) is 49.6 Å². The van der Waals surface area contributed by atoms with E-state index in [9.17, 15) is 9.59 Å². The molecule has 0 bridgehead atoms. The van der Waals surface area contributed by atoms with Crippen LogP contribution in [-0.2, 0) is 9.59 Å². The molecule has 0 radical (unpaired) electrons. The lowest BCUT2D eigenvalue weighted by Gasteiger charge is -2.33. The molecule has 0 atom stereocenters. The van der Waals surface area contributed by atoms with Crippen LogP contribution < -0.4 is 5.32 Å². The van der Waals surface area contributed by atoms with Gasteiger partial charge in [-0.3, -0.25) is 9.59 Å². The fourth-order valence-corrected chi connectivity index (χ4v) is 4.04. The number of aryl methyl sites for hydroxylation is 1. The van der Waals surface area contributed by atoms with Crippen LogP contribution in [0, 0.1) is 6.92 Å². The molecule has 142 valence electrons. The Bertz CT molecular complexity index is 795. The molecule has 1 N–H and O–H groups in total. The van der Waals surface area contributed by atoms with Gasteiger partial charge in [0.2, 0.25) is 11.8 Å². The minimum absolute atomic E-state index is 0.0568. The van der Waals surface area contributed by atoms with Gasteiger partial charge in [-0.2, -0.15) is 0 Å². The van der Waals surface area contributed by atoms with Gasteiger partial charge in [0.25, 0.3) is 0 Å². The largest absolute Gasteiger partial charge is 0.327 e. The van der Waals surface area contributed by atoms with Crippen molar-refractivity contribution in [1.29, 1.82) is 0 Å². The van der Waals surface area contributed by atoms with E-state index >= 15 is 0 Å². The number of carbonyl (C=O) groups is 2. The van der Waals surface area contributed by atoms with E-state index in [2.05, 4.69) is 10.3 Å². The number of nitrogens with zero attached hydrogens (tertiary/aromatic N) is 2. The number of hydrogen-bond donors (Lipinski definition) is 1. The number of amides is 2. The van der Waals surface area contributed by atoms with Gasteiger partial charge in [0.05, 0.1) is 5.69 Å². The zero-order valence-corrected chi connectivity index (χ0v) is 16.4. The Morgan fingerprint density at radius 2 is 1.96 bits per heavy atom. The maximum Gasteiger partial charge on any atom is 0.247 e. The van der Waals surface area contributed by atoms with Crippen molar-refractivity contribution in [3.05, 3.63) is 53.0 Å². The van der Waals surface area contributed by atoms with Crippen LogP contribution in [0.5, 0.6) is 0 Å². The van der Waals surface area contributed by atoms with Crippen molar-refractivity contribution in [2.45, 2.75) is 45.1 Å². The molecule has 1 heterocycles. The third-order valence-electron chi connectivity index (χ3n) is 4.70. The van der Waals surface area contributed by atoms with Crippen molar-refractivity contribution in [2.75, 3.05) is 11.9 Å². The second kappa shape index (κ2) is 9.46. The van der Waals surface area contributed by atoms with E-state index in [0.717, 1.165) is 36.9 Å². The summed E-state index contributed by atoms with van der Waals surface area (Å²) in [5.74, 6) is -0.312. The molecule has 0 spiro atoms. The van der Waals surface area contributed by atoms with Crippen LogP contribution in [-0.4, -0.2) is 34.3 Å². The second-order valence-electron chi connectivity index (χ2n) is 6.84. The Kier molecular flexibility index (Phi) is 6.76. The molecule has 1 aromatic heterocycles. The van der Waals surface area contributed by atoms with Crippen molar-refractivity contribution >= 4 is 34.4 Å². The Morgan fingerprint density at radius 1 is 1.22 bits per heavy atom. The van der Waals surface area contributed by atoms with Crippen molar-refractivity contribution < 1.29 is 9.59 Å². The Labute approximate surface area is 164 Å². The van der Waals surface area contributed by atoms with Crippen LogP contribution in [0.3, 0.4) is 0 Å². The van der Waals surface area contributed by atoms with Gasteiger partial charge in [-0.25, -0.2) is 4.98 Å². The topological polar surface area (TPSA) is 62.3 Å². The zero-order chi connectivity index (χ0) is 19.1. The van der Waals surface area contributed by atoms with Gasteiger partial charge in [-0.15, -0.1) is 11.3 Å². The molecule has 1 aromatic carbocycles. The number of thiazole rings is 1. The lowest BCUT2D eigenvalue weighted by atomic mass is 9.94. The molecule has 1 aliphatic rings. The molecular weight excluding hydrogens is 358 g/mol. The summed E-state index contributed by atoms with van der Waals surface area (Å²) in [7, 11) is 0. The van der Waals surface area contributed by atoms with E-state index in [1.807, 2.05) is 42.6 Å². The summed E-state index contributed by atoms with van der Waals surface area (Å²) in [5.41, 5.74) is 1.85. The van der Waals surface area contributed by atoms with E-state index in [-0.39, 0.29) is 24.4 Å². The first-order valence-electron chi connectivity index (χ1n) is 9.37. The van der Waals surface area contributed by atoms with Crippen LogP contribution in [0.25, 0.3) is 6.08 Å². The SMILES string of the molecule is Cc1csc(NC(=O)CN(C(=O)C=Cc2ccccc2)C2CCCCC2)n1. The maximum absolute atomic E-state index is 12.9. The fourth-order valence-electron chi connectivity index (χ4n) is 3.33. The average molecular weight is 384 g/mol. The van der Waals surface area contributed by atoms with Crippen LogP contribution in [0.4, 0.5) is 5.13 Å². The maximum atomic E-state index is 12.9. The molecular formula is C21H25N3O2S. The molecule has 0 aliphatic heterocycles. The van der Waals surface area contributed by atoms with Gasteiger partial charge < -0.3 is 10.2 Å². The highest BCUT2D eigenvalue weighted by Gasteiger charge is 2.26. The Morgan fingerprint density at radius 3 is 2.63 bits per heavy atom. The zero-order valence-electron chi connectivity index (χ0n) is 15.6. The molecule has 5 nitrogen and oxygen atoms in total. The van der Waals surface area contributed by atoms with Crippen LogP contribution in [0.1, 0.15) is 43.4 Å². The smallest absolute Gasteiger partial charge is 0.247 e. The molecule has 0 saturated heterocycles. The molecule has 1 saturated carbocycles. The molecule has 3 rings (SSSR count). The van der Waals surface area contributed by atoms with Crippen LogP contribution >= 0.6 is 11.3 Å². The van der Waals surface area contributed by atoms with Crippen molar-refractivity contribution in [3.63, 3.8) is 0 Å². The number of aromatic nitrogens is 1. The van der Waals surface area contributed by atoms with E-state index in [1.54, 1.807) is 17.1 Å². The summed E-state index contributed by atoms with van der Waals surface area (Å²) < 4.78 is 0. The average Bonchev–Trinajstić information content (AvgIpc) is 3.10. The van der Waals surface area contributed by atoms with Crippen LogP contribution in [0.15, 0.2) is 41.8 Å². The molecule has 2 amide bonds. The number of hydrogen-bond acceptors (Lipinski definition) is 4. The monoisotopic (exact) mass is 383 g/mol. The van der Waals surface area contributed by atoms with Crippen molar-refractivity contribution in [1.82, 2.24) is 9.88 Å². The summed E-state index contributed by atoms with van der Waals surface area (Å²) in [6.45, 7) is 1.94. The van der Waals surface area contributed by atoms with Gasteiger partial charge >= 0.3 is 0 Å². The highest BCUT2D eigenvalue weighted by Crippen LogP contribution is 2.23. The standard InChI is InChI=1S/C21H25N3O2S/c1-16-15-27-21(22-16)23-19(25)14-24(18-10-6-3-7-11-18)20(26)13-12-17-8-4-2-5-9-17/h2,4-5,8-9,12-13,15,18H,3,6-7,10-11,14H2,1H3,(H,22,23,25). The predicted molar refractivity (Wildman–Crippen MR) is 110 cm³/mol. The normalized spacial score (nSPS) is 15.0. The molecule has 6 heteroatoms. The quantitative estimate of drug-likeness (QED) is 0.758. The predicted octanol–water partition coefficient (Wildman–Crippen LogP) is 4.26. The summed E-state index contributed by atoms with van der Waals surface area (Å²) in [6, 6.07) is 9.84. The van der Waals surface area contributed by atoms with Crippen molar-refractivity contribution in [3.8, 4) is 0 Å². The third kappa shape index (κ3) is 5.76. The summed E-state index contributed by atoms with van der Waals surface area (Å²) in [5, 5.41) is 5.28. The number of nitrogens with one attached hydrogen (secondary N) is 1. The first kappa shape index (κ1) is 19.3. The highest BCUT2D eigenvalue weighted by molar-refractivity contribution is 7.13. The Hall–Kier alpha value is -2.47. The lowest BCUT2D eigenvalue weighted by Crippen LogP contribution is -2.45. The first-order valence-corrected chi connectivity index (χ1v) is 10.3. The highest BCUT2D eigenvalue weighted by atomic mass is 32.1. The third-order valence-corrected chi connectivity index (χ3v) is 5.57. The van der Waals surface area contributed by atoms with E-state index in [0.29, 0.717) is 5.13 Å². The van der Waals surface area contributed by atoms with E-state index < -0.39 is 0 Å². The van der Waals surface area contributed by atoms with Crippen LogP contribution in [0.2, 0.25) is 0 Å². The first-order chi connectivity index (χ1) is 13.1. The van der Waals surface area contributed by atoms with Gasteiger partial charge in [0.1, 0.15) is 6.54 Å². The van der Waals surface area contributed by atoms with Gasteiger partial charge in [-0.05, 0) is 31.4 Å². The van der Waals surface area contributed by atoms with Gasteiger partial charge in [0.15, 0.2) is 5.13 Å². The van der Waals surface area contributed by atoms with E-state index in [1.165, 1.54) is 17.8 Å². The summed E-state index contributed by atoms with van der Waals surface area (Å²) in [6.07, 6.45) is 8.69. The molecule has 0 unspecified atom stereocenters. The summed E-state index contributed by atoms with van der Waals surface area (Å²) in [4.78, 5) is 31.3. The molecule has 1 aliphatic carbocycles. The minimum Gasteiger partial charge on any atom is -0.327 e.